The maximum Gasteiger partial charge on any atom is 0.506 e. The second-order valence-electron chi connectivity index (χ2n) is 4.13. The molecule has 2 aromatic carbocycles. The standard InChI is InChI=1S/C14H10BrNO5/c15-12-4-2-1-3-11(12)13(21-14(17)18)9-5-7-10(8-6-9)16(19)20/h1-8,13H,(H,17,18). The van der Waals surface area contributed by atoms with Crippen LogP contribution in [0.3, 0.4) is 0 Å². The van der Waals surface area contributed by atoms with Crippen molar-refractivity contribution in [3.8, 4) is 0 Å². The van der Waals surface area contributed by atoms with Gasteiger partial charge in [-0.05, 0) is 23.8 Å². The lowest BCUT2D eigenvalue weighted by Crippen LogP contribution is -2.11. The Kier molecular flexibility index (Phi) is 4.54. The quantitative estimate of drug-likeness (QED) is 0.507. The maximum atomic E-state index is 10.9. The van der Waals surface area contributed by atoms with Crippen molar-refractivity contribution < 1.29 is 19.6 Å². The number of nitro benzene ring substituents is 1. The molecule has 2 aromatic rings. The molecule has 1 N–H and O–H groups in total. The Bertz CT molecular complexity index is 671. The van der Waals surface area contributed by atoms with Crippen molar-refractivity contribution in [2.24, 2.45) is 0 Å². The van der Waals surface area contributed by atoms with Crippen molar-refractivity contribution in [2.45, 2.75) is 6.10 Å². The molecule has 1 unspecified atom stereocenters. The van der Waals surface area contributed by atoms with E-state index in [0.717, 1.165) is 0 Å². The van der Waals surface area contributed by atoms with Crippen molar-refractivity contribution in [1.82, 2.24) is 0 Å². The number of benzene rings is 2. The average molecular weight is 352 g/mol. The number of hydrogen-bond donors (Lipinski definition) is 1. The molecule has 0 heterocycles. The molecule has 21 heavy (non-hydrogen) atoms. The number of hydrogen-bond acceptors (Lipinski definition) is 4. The minimum absolute atomic E-state index is 0.0695. The maximum absolute atomic E-state index is 10.9. The molecule has 0 bridgehead atoms. The molecule has 0 aliphatic rings. The van der Waals surface area contributed by atoms with E-state index >= 15 is 0 Å². The molecule has 2 rings (SSSR count). The number of carbonyl (C=O) groups is 1. The molecule has 0 spiro atoms. The molecule has 0 fully saturated rings. The molecule has 0 aliphatic heterocycles. The van der Waals surface area contributed by atoms with E-state index in [-0.39, 0.29) is 5.69 Å². The molecule has 0 saturated carbocycles. The lowest BCUT2D eigenvalue weighted by molar-refractivity contribution is -0.384. The van der Waals surface area contributed by atoms with Crippen LogP contribution in [0.5, 0.6) is 0 Å². The largest absolute Gasteiger partial charge is 0.506 e. The summed E-state index contributed by atoms with van der Waals surface area (Å²) < 4.78 is 5.61. The molecule has 0 saturated heterocycles. The van der Waals surface area contributed by atoms with E-state index in [1.54, 1.807) is 24.3 Å². The third-order valence-corrected chi connectivity index (χ3v) is 3.54. The highest BCUT2D eigenvalue weighted by molar-refractivity contribution is 9.10. The predicted octanol–water partition coefficient (Wildman–Crippen LogP) is 4.14. The highest BCUT2D eigenvalue weighted by Crippen LogP contribution is 2.32. The van der Waals surface area contributed by atoms with Gasteiger partial charge >= 0.3 is 6.16 Å². The zero-order valence-electron chi connectivity index (χ0n) is 10.6. The van der Waals surface area contributed by atoms with Crippen molar-refractivity contribution in [1.29, 1.82) is 0 Å². The van der Waals surface area contributed by atoms with Crippen LogP contribution in [0.2, 0.25) is 0 Å². The van der Waals surface area contributed by atoms with Crippen LogP contribution in [0, 0.1) is 10.1 Å². The summed E-state index contributed by atoms with van der Waals surface area (Å²) in [4.78, 5) is 21.0. The number of non-ortho nitro benzene ring substituents is 1. The Balaban J connectivity index is 2.43. The Hall–Kier alpha value is -2.41. The summed E-state index contributed by atoms with van der Waals surface area (Å²) in [6.45, 7) is 0. The average Bonchev–Trinajstić information content (AvgIpc) is 2.45. The Morgan fingerprint density at radius 1 is 1.19 bits per heavy atom. The molecule has 6 nitrogen and oxygen atoms in total. The van der Waals surface area contributed by atoms with Gasteiger partial charge < -0.3 is 9.84 Å². The lowest BCUT2D eigenvalue weighted by atomic mass is 10.0. The van der Waals surface area contributed by atoms with Crippen LogP contribution in [0.4, 0.5) is 10.5 Å². The van der Waals surface area contributed by atoms with Gasteiger partial charge in [0.05, 0.1) is 4.92 Å². The van der Waals surface area contributed by atoms with Gasteiger partial charge in [-0.2, -0.15) is 0 Å². The number of rotatable bonds is 4. The molecule has 0 aromatic heterocycles. The summed E-state index contributed by atoms with van der Waals surface area (Å²) in [5.41, 5.74) is 1.06. The first-order valence-electron chi connectivity index (χ1n) is 5.87. The normalized spacial score (nSPS) is 11.7. The van der Waals surface area contributed by atoms with Crippen LogP contribution in [0.15, 0.2) is 53.0 Å². The van der Waals surface area contributed by atoms with E-state index in [0.29, 0.717) is 15.6 Å². The van der Waals surface area contributed by atoms with E-state index in [1.807, 2.05) is 0 Å². The fourth-order valence-electron chi connectivity index (χ4n) is 1.87. The summed E-state index contributed by atoms with van der Waals surface area (Å²) in [5.74, 6) is 0. The Labute approximate surface area is 128 Å². The number of nitro groups is 1. The van der Waals surface area contributed by atoms with Crippen LogP contribution in [0.1, 0.15) is 17.2 Å². The predicted molar refractivity (Wildman–Crippen MR) is 78.2 cm³/mol. The number of halogens is 1. The minimum atomic E-state index is -1.42. The van der Waals surface area contributed by atoms with Gasteiger partial charge in [0, 0.05) is 22.2 Å². The topological polar surface area (TPSA) is 89.7 Å². The first-order chi connectivity index (χ1) is 9.99. The van der Waals surface area contributed by atoms with E-state index in [2.05, 4.69) is 15.9 Å². The van der Waals surface area contributed by atoms with Gasteiger partial charge in [-0.3, -0.25) is 10.1 Å². The van der Waals surface area contributed by atoms with Gasteiger partial charge in [-0.25, -0.2) is 4.79 Å². The van der Waals surface area contributed by atoms with Gasteiger partial charge in [0.15, 0.2) is 6.10 Å². The summed E-state index contributed by atoms with van der Waals surface area (Å²) in [6.07, 6.45) is -2.28. The third-order valence-electron chi connectivity index (χ3n) is 2.81. The Morgan fingerprint density at radius 2 is 1.81 bits per heavy atom. The van der Waals surface area contributed by atoms with Gasteiger partial charge in [-0.1, -0.05) is 34.1 Å². The minimum Gasteiger partial charge on any atom is -0.450 e. The molecule has 0 aliphatic carbocycles. The SMILES string of the molecule is O=C(O)OC(c1ccc([N+](=O)[O-])cc1)c1ccccc1Br. The molecule has 108 valence electrons. The summed E-state index contributed by atoms with van der Waals surface area (Å²) in [7, 11) is 0. The van der Waals surface area contributed by atoms with Crippen LogP contribution in [-0.4, -0.2) is 16.2 Å². The number of ether oxygens (including phenoxy) is 1. The van der Waals surface area contributed by atoms with Crippen LogP contribution in [-0.2, 0) is 4.74 Å². The fourth-order valence-corrected chi connectivity index (χ4v) is 2.36. The van der Waals surface area contributed by atoms with Crippen molar-refractivity contribution >= 4 is 27.8 Å². The molecule has 1 atom stereocenters. The van der Waals surface area contributed by atoms with Gasteiger partial charge in [0.1, 0.15) is 0 Å². The second kappa shape index (κ2) is 6.36. The zero-order chi connectivity index (χ0) is 15.4. The summed E-state index contributed by atoms with van der Waals surface area (Å²) in [6, 6.07) is 12.6. The van der Waals surface area contributed by atoms with Crippen molar-refractivity contribution in [3.63, 3.8) is 0 Å². The van der Waals surface area contributed by atoms with Gasteiger partial charge in [-0.15, -0.1) is 0 Å². The van der Waals surface area contributed by atoms with Gasteiger partial charge in [0.25, 0.3) is 5.69 Å². The molecular weight excluding hydrogens is 342 g/mol. The van der Waals surface area contributed by atoms with Crippen LogP contribution in [0.25, 0.3) is 0 Å². The fraction of sp³-hybridized carbons (Fsp3) is 0.0714. The lowest BCUT2D eigenvalue weighted by Gasteiger charge is -2.18. The molecule has 0 amide bonds. The highest BCUT2D eigenvalue weighted by Gasteiger charge is 2.21. The zero-order valence-corrected chi connectivity index (χ0v) is 12.2. The first kappa shape index (κ1) is 15.0. The smallest absolute Gasteiger partial charge is 0.450 e. The van der Waals surface area contributed by atoms with E-state index in [4.69, 9.17) is 9.84 Å². The number of nitrogens with zero attached hydrogens (tertiary/aromatic N) is 1. The summed E-state index contributed by atoms with van der Waals surface area (Å²) >= 11 is 3.34. The highest BCUT2D eigenvalue weighted by atomic mass is 79.9. The van der Waals surface area contributed by atoms with Crippen LogP contribution >= 0.6 is 15.9 Å². The van der Waals surface area contributed by atoms with Crippen molar-refractivity contribution in [2.75, 3.05) is 0 Å². The van der Waals surface area contributed by atoms with E-state index in [1.165, 1.54) is 24.3 Å². The first-order valence-corrected chi connectivity index (χ1v) is 6.66. The third kappa shape index (κ3) is 3.57. The van der Waals surface area contributed by atoms with E-state index in [9.17, 15) is 14.9 Å². The molecule has 0 radical (unpaired) electrons. The number of carboxylic acid groups (broad SMARTS) is 1. The summed E-state index contributed by atoms with van der Waals surface area (Å²) in [5, 5.41) is 19.6. The second-order valence-corrected chi connectivity index (χ2v) is 4.99. The van der Waals surface area contributed by atoms with Crippen molar-refractivity contribution in [3.05, 3.63) is 74.2 Å². The van der Waals surface area contributed by atoms with E-state index < -0.39 is 17.2 Å². The monoisotopic (exact) mass is 351 g/mol. The molecule has 7 heteroatoms. The van der Waals surface area contributed by atoms with Crippen LogP contribution < -0.4 is 0 Å². The molecular formula is C14H10BrNO5. The van der Waals surface area contributed by atoms with Gasteiger partial charge in [0.2, 0.25) is 0 Å². The Morgan fingerprint density at radius 3 is 2.33 bits per heavy atom.